The number of hydrogen-bond donors (Lipinski definition) is 1. The highest BCUT2D eigenvalue weighted by atomic mass is 16.5. The Labute approximate surface area is 151 Å². The molecule has 0 saturated heterocycles. The number of unbranched alkanes of at least 4 members (excludes halogenated alkanes) is 7. The number of carbonyl (C=O) groups is 2. The third kappa shape index (κ3) is 8.19. The van der Waals surface area contributed by atoms with Crippen molar-refractivity contribution in [2.75, 3.05) is 0 Å². The van der Waals surface area contributed by atoms with Crippen LogP contribution in [0.25, 0.3) is 0 Å². The first-order valence-corrected chi connectivity index (χ1v) is 9.63. The molecular formula is C21H32O4. The van der Waals surface area contributed by atoms with Crippen molar-refractivity contribution >= 4 is 11.9 Å². The molecule has 0 spiro atoms. The van der Waals surface area contributed by atoms with Crippen LogP contribution in [0, 0.1) is 0 Å². The predicted octanol–water partition coefficient (Wildman–Crippen LogP) is 5.85. The zero-order valence-corrected chi connectivity index (χ0v) is 15.6. The van der Waals surface area contributed by atoms with E-state index in [0.717, 1.165) is 25.7 Å². The lowest BCUT2D eigenvalue weighted by molar-refractivity contribution is 0.0262. The largest absolute Gasteiger partial charge is 0.478 e. The van der Waals surface area contributed by atoms with Gasteiger partial charge in [0.05, 0.1) is 11.1 Å². The Morgan fingerprint density at radius 1 is 0.920 bits per heavy atom. The van der Waals surface area contributed by atoms with Crippen LogP contribution in [-0.4, -0.2) is 23.1 Å². The van der Waals surface area contributed by atoms with Crippen LogP contribution in [0.3, 0.4) is 0 Å². The molecule has 0 radical (unpaired) electrons. The molecule has 0 aliphatic rings. The van der Waals surface area contributed by atoms with Crippen molar-refractivity contribution < 1.29 is 19.4 Å². The second-order valence-corrected chi connectivity index (χ2v) is 6.55. The SMILES string of the molecule is CCCCCCCCCCC(CC)OC(=O)c1ccccc1C(=O)O. The lowest BCUT2D eigenvalue weighted by Gasteiger charge is -2.17. The van der Waals surface area contributed by atoms with Crippen molar-refractivity contribution in [1.29, 1.82) is 0 Å². The highest BCUT2D eigenvalue weighted by Crippen LogP contribution is 2.17. The van der Waals surface area contributed by atoms with Crippen molar-refractivity contribution in [3.8, 4) is 0 Å². The van der Waals surface area contributed by atoms with Crippen LogP contribution in [0.1, 0.15) is 98.8 Å². The maximum Gasteiger partial charge on any atom is 0.339 e. The van der Waals surface area contributed by atoms with Crippen LogP contribution in [0.4, 0.5) is 0 Å². The molecule has 0 saturated carbocycles. The molecule has 1 aromatic carbocycles. The average molecular weight is 348 g/mol. The van der Waals surface area contributed by atoms with Crippen LogP contribution in [0.15, 0.2) is 24.3 Å². The second kappa shape index (κ2) is 12.5. The summed E-state index contributed by atoms with van der Waals surface area (Å²) in [6.45, 7) is 4.22. The Morgan fingerprint density at radius 3 is 2.04 bits per heavy atom. The first-order valence-electron chi connectivity index (χ1n) is 9.63. The first kappa shape index (κ1) is 21.2. The van der Waals surface area contributed by atoms with Crippen LogP contribution in [-0.2, 0) is 4.74 Å². The minimum absolute atomic E-state index is 0.00516. The summed E-state index contributed by atoms with van der Waals surface area (Å²) in [4.78, 5) is 23.5. The third-order valence-electron chi connectivity index (χ3n) is 4.49. The topological polar surface area (TPSA) is 63.6 Å². The van der Waals surface area contributed by atoms with Gasteiger partial charge in [0, 0.05) is 0 Å². The number of carboxylic acids is 1. The quantitative estimate of drug-likeness (QED) is 0.359. The Hall–Kier alpha value is -1.84. The normalized spacial score (nSPS) is 11.9. The van der Waals surface area contributed by atoms with Crippen molar-refractivity contribution in [1.82, 2.24) is 0 Å². The van der Waals surface area contributed by atoms with Crippen molar-refractivity contribution in [3.05, 3.63) is 35.4 Å². The van der Waals surface area contributed by atoms with Crippen molar-refractivity contribution in [2.24, 2.45) is 0 Å². The van der Waals surface area contributed by atoms with E-state index in [1.54, 1.807) is 12.1 Å². The maximum atomic E-state index is 12.3. The van der Waals surface area contributed by atoms with E-state index in [9.17, 15) is 14.7 Å². The summed E-state index contributed by atoms with van der Waals surface area (Å²) in [7, 11) is 0. The third-order valence-corrected chi connectivity index (χ3v) is 4.49. The molecule has 25 heavy (non-hydrogen) atoms. The lowest BCUT2D eigenvalue weighted by atomic mass is 10.0. The van der Waals surface area contributed by atoms with E-state index in [4.69, 9.17) is 4.74 Å². The summed E-state index contributed by atoms with van der Waals surface area (Å²) in [5.41, 5.74) is 0.124. The fourth-order valence-electron chi connectivity index (χ4n) is 2.91. The van der Waals surface area contributed by atoms with Crippen LogP contribution >= 0.6 is 0 Å². The zero-order valence-electron chi connectivity index (χ0n) is 15.6. The molecule has 0 aromatic heterocycles. The second-order valence-electron chi connectivity index (χ2n) is 6.55. The van der Waals surface area contributed by atoms with E-state index in [2.05, 4.69) is 6.92 Å². The van der Waals surface area contributed by atoms with Crippen LogP contribution in [0.5, 0.6) is 0 Å². The van der Waals surface area contributed by atoms with Crippen molar-refractivity contribution in [2.45, 2.75) is 84.2 Å². The number of benzene rings is 1. The van der Waals surface area contributed by atoms with E-state index in [-0.39, 0.29) is 17.2 Å². The minimum Gasteiger partial charge on any atom is -0.478 e. The molecule has 4 nitrogen and oxygen atoms in total. The molecule has 1 rings (SSSR count). The molecule has 1 atom stereocenters. The number of carboxylic acid groups (broad SMARTS) is 1. The van der Waals surface area contributed by atoms with Crippen molar-refractivity contribution in [3.63, 3.8) is 0 Å². The van der Waals surface area contributed by atoms with Crippen LogP contribution < -0.4 is 0 Å². The predicted molar refractivity (Wildman–Crippen MR) is 100 cm³/mol. The number of hydrogen-bond acceptors (Lipinski definition) is 3. The van der Waals surface area contributed by atoms with Gasteiger partial charge in [-0.2, -0.15) is 0 Å². The number of rotatable bonds is 13. The number of ether oxygens (including phenoxy) is 1. The van der Waals surface area contributed by atoms with Crippen LogP contribution in [0.2, 0.25) is 0 Å². The average Bonchev–Trinajstić information content (AvgIpc) is 2.62. The summed E-state index contributed by atoms with van der Waals surface area (Å²) in [5.74, 6) is -1.65. The van der Waals surface area contributed by atoms with E-state index >= 15 is 0 Å². The van der Waals surface area contributed by atoms with Gasteiger partial charge in [0.15, 0.2) is 0 Å². The fraction of sp³-hybridized carbons (Fsp3) is 0.619. The smallest absolute Gasteiger partial charge is 0.339 e. The van der Waals surface area contributed by atoms with Gasteiger partial charge in [-0.05, 0) is 31.4 Å². The summed E-state index contributed by atoms with van der Waals surface area (Å²) in [5, 5.41) is 9.18. The Kier molecular flexibility index (Phi) is 10.6. The Bertz CT molecular complexity index is 524. The van der Waals surface area contributed by atoms with Gasteiger partial charge in [-0.15, -0.1) is 0 Å². The number of carbonyl (C=O) groups excluding carboxylic acids is 1. The van der Waals surface area contributed by atoms with E-state index in [0.29, 0.717) is 0 Å². The van der Waals surface area contributed by atoms with E-state index < -0.39 is 11.9 Å². The Morgan fingerprint density at radius 2 is 1.48 bits per heavy atom. The zero-order chi connectivity index (χ0) is 18.5. The summed E-state index contributed by atoms with van der Waals surface area (Å²) >= 11 is 0. The van der Waals surface area contributed by atoms with Gasteiger partial charge in [0.2, 0.25) is 0 Å². The maximum absolute atomic E-state index is 12.3. The van der Waals surface area contributed by atoms with Gasteiger partial charge in [-0.1, -0.05) is 70.9 Å². The Balaban J connectivity index is 2.36. The molecule has 0 fully saturated rings. The standard InChI is InChI=1S/C21H32O4/c1-3-5-6-7-8-9-10-11-14-17(4-2)25-21(24)19-16-13-12-15-18(19)20(22)23/h12-13,15-17H,3-11,14H2,1-2H3,(H,22,23). The monoisotopic (exact) mass is 348 g/mol. The molecule has 0 aliphatic heterocycles. The molecule has 1 aromatic rings. The molecule has 0 amide bonds. The number of esters is 1. The molecule has 140 valence electrons. The van der Waals surface area contributed by atoms with Gasteiger partial charge >= 0.3 is 11.9 Å². The lowest BCUT2D eigenvalue weighted by Crippen LogP contribution is -2.19. The highest BCUT2D eigenvalue weighted by molar-refractivity contribution is 6.02. The van der Waals surface area contributed by atoms with Gasteiger partial charge in [0.25, 0.3) is 0 Å². The summed E-state index contributed by atoms with van der Waals surface area (Å²) in [6.07, 6.45) is 11.4. The van der Waals surface area contributed by atoms with Gasteiger partial charge in [-0.25, -0.2) is 9.59 Å². The molecule has 0 bridgehead atoms. The van der Waals surface area contributed by atoms with E-state index in [1.165, 1.54) is 50.7 Å². The molecule has 0 heterocycles. The summed E-state index contributed by atoms with van der Waals surface area (Å²) < 4.78 is 5.53. The minimum atomic E-state index is -1.11. The molecule has 1 unspecified atom stereocenters. The highest BCUT2D eigenvalue weighted by Gasteiger charge is 2.20. The molecule has 4 heteroatoms. The molecule has 0 aliphatic carbocycles. The summed E-state index contributed by atoms with van der Waals surface area (Å²) in [6, 6.07) is 6.20. The van der Waals surface area contributed by atoms with E-state index in [1.807, 2.05) is 6.92 Å². The van der Waals surface area contributed by atoms with Gasteiger partial charge < -0.3 is 9.84 Å². The first-order chi connectivity index (χ1) is 12.1. The molecular weight excluding hydrogens is 316 g/mol. The fourth-order valence-corrected chi connectivity index (χ4v) is 2.91. The number of aromatic carboxylic acids is 1. The van der Waals surface area contributed by atoms with Gasteiger partial charge in [-0.3, -0.25) is 0 Å². The van der Waals surface area contributed by atoms with Gasteiger partial charge in [0.1, 0.15) is 6.10 Å². The molecule has 1 N–H and O–H groups in total.